The molecule has 1 heteroatoms. The van der Waals surface area contributed by atoms with Crippen molar-refractivity contribution in [1.29, 1.82) is 0 Å². The average Bonchev–Trinajstić information content (AvgIpc) is 2.40. The zero-order valence-corrected chi connectivity index (χ0v) is 10.2. The standard InChI is InChI=1S/C16H19N/c1-13(12-14-8-4-2-5-9-14)16(17)15-10-6-3-7-11-15/h2-11,13,16H,12,17H2,1H3/t13-,16-/m0/s1. The van der Waals surface area contributed by atoms with E-state index in [-0.39, 0.29) is 6.04 Å². The molecule has 0 saturated heterocycles. The molecule has 0 fully saturated rings. The Morgan fingerprint density at radius 1 is 0.882 bits per heavy atom. The highest BCUT2D eigenvalue weighted by Gasteiger charge is 2.14. The molecule has 0 heterocycles. The van der Waals surface area contributed by atoms with Crippen molar-refractivity contribution in [2.45, 2.75) is 19.4 Å². The first-order valence-electron chi connectivity index (χ1n) is 6.12. The average molecular weight is 225 g/mol. The van der Waals surface area contributed by atoms with Gasteiger partial charge in [-0.15, -0.1) is 0 Å². The summed E-state index contributed by atoms with van der Waals surface area (Å²) in [6.07, 6.45) is 1.02. The van der Waals surface area contributed by atoms with Crippen molar-refractivity contribution < 1.29 is 0 Å². The summed E-state index contributed by atoms with van der Waals surface area (Å²) < 4.78 is 0. The molecular formula is C16H19N. The van der Waals surface area contributed by atoms with E-state index in [1.807, 2.05) is 24.3 Å². The highest BCUT2D eigenvalue weighted by atomic mass is 14.6. The predicted octanol–water partition coefficient (Wildman–Crippen LogP) is 3.57. The number of rotatable bonds is 4. The first-order chi connectivity index (χ1) is 8.27. The summed E-state index contributed by atoms with van der Waals surface area (Å²) in [6, 6.07) is 21.0. The van der Waals surface area contributed by atoms with Crippen LogP contribution in [0.5, 0.6) is 0 Å². The Hall–Kier alpha value is -1.60. The van der Waals surface area contributed by atoms with E-state index in [0.29, 0.717) is 5.92 Å². The van der Waals surface area contributed by atoms with Gasteiger partial charge in [-0.2, -0.15) is 0 Å². The molecule has 0 radical (unpaired) electrons. The summed E-state index contributed by atoms with van der Waals surface area (Å²) >= 11 is 0. The minimum Gasteiger partial charge on any atom is -0.324 e. The maximum Gasteiger partial charge on any atom is 0.0324 e. The van der Waals surface area contributed by atoms with Gasteiger partial charge < -0.3 is 5.73 Å². The van der Waals surface area contributed by atoms with Gasteiger partial charge in [0, 0.05) is 6.04 Å². The fourth-order valence-corrected chi connectivity index (χ4v) is 2.12. The molecule has 0 aliphatic heterocycles. The van der Waals surface area contributed by atoms with Crippen molar-refractivity contribution >= 4 is 0 Å². The number of hydrogen-bond donors (Lipinski definition) is 1. The van der Waals surface area contributed by atoms with Crippen LogP contribution in [0.25, 0.3) is 0 Å². The second kappa shape index (κ2) is 5.65. The molecule has 0 aliphatic rings. The molecule has 1 nitrogen and oxygen atoms in total. The molecule has 0 unspecified atom stereocenters. The zero-order chi connectivity index (χ0) is 12.1. The van der Waals surface area contributed by atoms with E-state index >= 15 is 0 Å². The summed E-state index contributed by atoms with van der Waals surface area (Å²) in [7, 11) is 0. The Bertz CT molecular complexity index is 436. The molecule has 2 N–H and O–H groups in total. The Morgan fingerprint density at radius 2 is 1.41 bits per heavy atom. The maximum atomic E-state index is 6.29. The lowest BCUT2D eigenvalue weighted by Crippen LogP contribution is -2.20. The molecule has 2 aromatic rings. The Morgan fingerprint density at radius 3 is 2.00 bits per heavy atom. The minimum absolute atomic E-state index is 0.108. The summed E-state index contributed by atoms with van der Waals surface area (Å²) in [5.41, 5.74) is 8.86. The van der Waals surface area contributed by atoms with Crippen LogP contribution in [0.3, 0.4) is 0 Å². The van der Waals surface area contributed by atoms with Crippen LogP contribution >= 0.6 is 0 Å². The van der Waals surface area contributed by atoms with Crippen LogP contribution in [-0.4, -0.2) is 0 Å². The predicted molar refractivity (Wildman–Crippen MR) is 72.7 cm³/mol. The van der Waals surface area contributed by atoms with E-state index < -0.39 is 0 Å². The molecule has 2 atom stereocenters. The summed E-state index contributed by atoms with van der Waals surface area (Å²) in [5, 5.41) is 0. The van der Waals surface area contributed by atoms with E-state index in [1.54, 1.807) is 0 Å². The molecule has 0 spiro atoms. The first kappa shape index (κ1) is 11.9. The SMILES string of the molecule is C[C@@H](Cc1ccccc1)[C@H](N)c1ccccc1. The molecule has 2 aromatic carbocycles. The van der Waals surface area contributed by atoms with Gasteiger partial charge in [0.25, 0.3) is 0 Å². The summed E-state index contributed by atoms with van der Waals surface area (Å²) in [5.74, 6) is 0.444. The second-order valence-corrected chi connectivity index (χ2v) is 4.60. The van der Waals surface area contributed by atoms with Crippen molar-refractivity contribution in [2.75, 3.05) is 0 Å². The van der Waals surface area contributed by atoms with Gasteiger partial charge in [-0.3, -0.25) is 0 Å². The molecule has 0 amide bonds. The van der Waals surface area contributed by atoms with E-state index in [0.717, 1.165) is 6.42 Å². The first-order valence-corrected chi connectivity index (χ1v) is 6.12. The van der Waals surface area contributed by atoms with Crippen molar-refractivity contribution in [3.63, 3.8) is 0 Å². The zero-order valence-electron chi connectivity index (χ0n) is 10.2. The highest BCUT2D eigenvalue weighted by molar-refractivity contribution is 5.21. The second-order valence-electron chi connectivity index (χ2n) is 4.60. The Labute approximate surface area is 103 Å². The minimum atomic E-state index is 0.108. The van der Waals surface area contributed by atoms with E-state index in [9.17, 15) is 0 Å². The number of hydrogen-bond acceptors (Lipinski definition) is 1. The van der Waals surface area contributed by atoms with Gasteiger partial charge in [-0.25, -0.2) is 0 Å². The van der Waals surface area contributed by atoms with E-state index in [4.69, 9.17) is 5.73 Å². The Balaban J connectivity index is 2.03. The lowest BCUT2D eigenvalue weighted by atomic mass is 9.90. The van der Waals surface area contributed by atoms with Gasteiger partial charge in [-0.1, -0.05) is 67.6 Å². The Kier molecular flexibility index (Phi) is 3.94. The van der Waals surface area contributed by atoms with Crippen molar-refractivity contribution in [2.24, 2.45) is 11.7 Å². The lowest BCUT2D eigenvalue weighted by molar-refractivity contribution is 0.468. The number of nitrogens with two attached hydrogens (primary N) is 1. The third kappa shape index (κ3) is 3.18. The van der Waals surface area contributed by atoms with Crippen LogP contribution in [0.4, 0.5) is 0 Å². The van der Waals surface area contributed by atoms with Crippen LogP contribution in [0.2, 0.25) is 0 Å². The third-order valence-electron chi connectivity index (χ3n) is 3.20. The molecule has 0 aliphatic carbocycles. The van der Waals surface area contributed by atoms with Crippen LogP contribution in [0.15, 0.2) is 60.7 Å². The molecule has 0 aromatic heterocycles. The van der Waals surface area contributed by atoms with Crippen LogP contribution in [0, 0.1) is 5.92 Å². The van der Waals surface area contributed by atoms with Gasteiger partial charge >= 0.3 is 0 Å². The third-order valence-corrected chi connectivity index (χ3v) is 3.20. The fraction of sp³-hybridized carbons (Fsp3) is 0.250. The molecule has 0 bridgehead atoms. The number of benzene rings is 2. The van der Waals surface area contributed by atoms with Crippen molar-refractivity contribution in [1.82, 2.24) is 0 Å². The van der Waals surface area contributed by atoms with Crippen LogP contribution < -0.4 is 5.73 Å². The highest BCUT2D eigenvalue weighted by Crippen LogP contribution is 2.22. The molecule has 17 heavy (non-hydrogen) atoms. The fourth-order valence-electron chi connectivity index (χ4n) is 2.12. The topological polar surface area (TPSA) is 26.0 Å². The smallest absolute Gasteiger partial charge is 0.0324 e. The molecular weight excluding hydrogens is 206 g/mol. The van der Waals surface area contributed by atoms with Gasteiger partial charge in [-0.05, 0) is 23.5 Å². The van der Waals surface area contributed by atoms with Gasteiger partial charge in [0.15, 0.2) is 0 Å². The molecule has 2 rings (SSSR count). The normalized spacial score (nSPS) is 14.2. The monoisotopic (exact) mass is 225 g/mol. The van der Waals surface area contributed by atoms with Crippen molar-refractivity contribution in [3.05, 3.63) is 71.8 Å². The van der Waals surface area contributed by atoms with Gasteiger partial charge in [0.2, 0.25) is 0 Å². The summed E-state index contributed by atoms with van der Waals surface area (Å²) in [6.45, 7) is 2.21. The van der Waals surface area contributed by atoms with E-state index in [2.05, 4.69) is 43.3 Å². The molecule has 88 valence electrons. The summed E-state index contributed by atoms with van der Waals surface area (Å²) in [4.78, 5) is 0. The van der Waals surface area contributed by atoms with Crippen molar-refractivity contribution in [3.8, 4) is 0 Å². The van der Waals surface area contributed by atoms with Gasteiger partial charge in [0.05, 0.1) is 0 Å². The molecule has 0 saturated carbocycles. The van der Waals surface area contributed by atoms with Crippen LogP contribution in [-0.2, 0) is 6.42 Å². The van der Waals surface area contributed by atoms with Crippen LogP contribution in [0.1, 0.15) is 24.1 Å². The lowest BCUT2D eigenvalue weighted by Gasteiger charge is -2.20. The quantitative estimate of drug-likeness (QED) is 0.846. The van der Waals surface area contributed by atoms with E-state index in [1.165, 1.54) is 11.1 Å². The maximum absolute atomic E-state index is 6.29. The largest absolute Gasteiger partial charge is 0.324 e. The van der Waals surface area contributed by atoms with Gasteiger partial charge in [0.1, 0.15) is 0 Å².